The number of primary amides is 1. The number of benzene rings is 1. The molecule has 0 radical (unpaired) electrons. The zero-order valence-corrected chi connectivity index (χ0v) is 18.7. The second-order valence-electron chi connectivity index (χ2n) is 7.92. The third kappa shape index (κ3) is 5.49. The molecule has 0 saturated heterocycles. The van der Waals surface area contributed by atoms with Gasteiger partial charge in [-0.2, -0.15) is 13.2 Å². The number of halogens is 4. The number of rotatable bonds is 7. The van der Waals surface area contributed by atoms with Crippen molar-refractivity contribution in [3.8, 4) is 0 Å². The van der Waals surface area contributed by atoms with Gasteiger partial charge in [0.1, 0.15) is 11.5 Å². The van der Waals surface area contributed by atoms with Gasteiger partial charge in [0.25, 0.3) is 5.91 Å². The van der Waals surface area contributed by atoms with E-state index in [1.54, 1.807) is 30.4 Å². The number of hydrogen-bond acceptors (Lipinski definition) is 6. The lowest BCUT2D eigenvalue weighted by Gasteiger charge is -2.29. The normalized spacial score (nSPS) is 16.4. The van der Waals surface area contributed by atoms with Crippen molar-refractivity contribution in [3.05, 3.63) is 71.2 Å². The fourth-order valence-electron chi connectivity index (χ4n) is 3.54. The van der Waals surface area contributed by atoms with Crippen molar-refractivity contribution in [1.82, 2.24) is 10.1 Å². The van der Waals surface area contributed by atoms with Gasteiger partial charge in [-0.25, -0.2) is 20.3 Å². The summed E-state index contributed by atoms with van der Waals surface area (Å²) in [4.78, 5) is 16.1. The molecular weight excluding hydrogens is 468 g/mol. The number of carbonyl (C=O) groups excluding carboxylic acids is 1. The van der Waals surface area contributed by atoms with Crippen LogP contribution in [0.5, 0.6) is 0 Å². The molecule has 0 saturated carbocycles. The van der Waals surface area contributed by atoms with E-state index < -0.39 is 35.8 Å². The van der Waals surface area contributed by atoms with Gasteiger partial charge in [0.15, 0.2) is 5.84 Å². The maximum absolute atomic E-state index is 13.6. The summed E-state index contributed by atoms with van der Waals surface area (Å²) in [7, 11) is 0. The van der Waals surface area contributed by atoms with E-state index in [2.05, 4.69) is 10.1 Å². The summed E-state index contributed by atoms with van der Waals surface area (Å²) in [6.07, 6.45) is 0.483. The van der Waals surface area contributed by atoms with Crippen LogP contribution in [0, 0.1) is 0 Å². The highest BCUT2D eigenvalue weighted by Crippen LogP contribution is 2.33. The number of hydrazone groups is 1. The molecular formula is C23H24F4N6O2. The molecule has 8 nitrogen and oxygen atoms in total. The Balaban J connectivity index is 1.99. The van der Waals surface area contributed by atoms with Crippen molar-refractivity contribution >= 4 is 28.2 Å². The van der Waals surface area contributed by atoms with Crippen LogP contribution in [0.2, 0.25) is 0 Å². The summed E-state index contributed by atoms with van der Waals surface area (Å²) in [6.45, 7) is 0.925. The Morgan fingerprint density at radius 2 is 1.94 bits per heavy atom. The van der Waals surface area contributed by atoms with E-state index in [0.29, 0.717) is 33.6 Å². The molecule has 1 aliphatic carbocycles. The minimum absolute atomic E-state index is 0.0201. The molecule has 2 aromatic rings. The summed E-state index contributed by atoms with van der Waals surface area (Å²) in [5.41, 5.74) is 9.70. The summed E-state index contributed by atoms with van der Waals surface area (Å²) in [6, 6.07) is 6.41. The van der Waals surface area contributed by atoms with Gasteiger partial charge in [-0.3, -0.25) is 4.79 Å². The summed E-state index contributed by atoms with van der Waals surface area (Å²) in [5.74, 6) is 3.45. The molecule has 1 aromatic carbocycles. The molecule has 35 heavy (non-hydrogen) atoms. The van der Waals surface area contributed by atoms with Gasteiger partial charge in [0, 0.05) is 5.39 Å². The molecule has 1 aliphatic rings. The topological polar surface area (TPSA) is 144 Å². The van der Waals surface area contributed by atoms with E-state index in [1.807, 2.05) is 0 Å². The third-order valence-electron chi connectivity index (χ3n) is 5.52. The zero-order valence-electron chi connectivity index (χ0n) is 18.7. The number of amides is 1. The van der Waals surface area contributed by atoms with Crippen LogP contribution in [0.25, 0.3) is 16.5 Å². The van der Waals surface area contributed by atoms with Crippen LogP contribution in [0.1, 0.15) is 41.4 Å². The predicted octanol–water partition coefficient (Wildman–Crippen LogP) is 3.18. The number of hydrazine groups is 1. The first kappa shape index (κ1) is 25.8. The molecule has 12 heteroatoms. The van der Waals surface area contributed by atoms with E-state index in [1.165, 1.54) is 18.2 Å². The largest absolute Gasteiger partial charge is 0.424 e. The number of nitrogens with two attached hydrogens (primary N) is 3. The summed E-state index contributed by atoms with van der Waals surface area (Å²) in [5, 5.41) is 14.7. The highest BCUT2D eigenvalue weighted by Gasteiger charge is 2.56. The Morgan fingerprint density at radius 1 is 1.23 bits per heavy atom. The van der Waals surface area contributed by atoms with Crippen LogP contribution < -0.4 is 17.3 Å². The Hall–Kier alpha value is -3.77. The highest BCUT2D eigenvalue weighted by atomic mass is 19.4. The number of nitrogens with zero attached hydrogens (tertiary/aromatic N) is 3. The second kappa shape index (κ2) is 9.84. The summed E-state index contributed by atoms with van der Waals surface area (Å²) >= 11 is 0. The van der Waals surface area contributed by atoms with Gasteiger partial charge in [-0.15, -0.1) is 5.10 Å². The minimum atomic E-state index is -5.04. The molecule has 186 valence electrons. The number of hydrogen-bond donors (Lipinski definition) is 4. The minimum Gasteiger partial charge on any atom is -0.383 e. The SMILES string of the molecule is CCC(O)(/C(N)=N/N(N)Cc1ccc2c(C3=CC=C(F)C=CC3)cc(C(N)=O)nc2c1)C(F)(F)F. The van der Waals surface area contributed by atoms with Crippen LogP contribution >= 0.6 is 0 Å². The lowest BCUT2D eigenvalue weighted by molar-refractivity contribution is -0.232. The van der Waals surface area contributed by atoms with Crippen molar-refractivity contribution in [2.45, 2.75) is 38.1 Å². The van der Waals surface area contributed by atoms with Gasteiger partial charge < -0.3 is 16.6 Å². The van der Waals surface area contributed by atoms with Gasteiger partial charge in [-0.05, 0) is 53.8 Å². The van der Waals surface area contributed by atoms with E-state index in [4.69, 9.17) is 17.3 Å². The number of aromatic nitrogens is 1. The van der Waals surface area contributed by atoms with Crippen molar-refractivity contribution < 1.29 is 27.5 Å². The molecule has 0 fully saturated rings. The molecule has 1 amide bonds. The van der Waals surface area contributed by atoms with Gasteiger partial charge in [-0.1, -0.05) is 31.2 Å². The first-order valence-corrected chi connectivity index (χ1v) is 10.5. The van der Waals surface area contributed by atoms with E-state index in [0.717, 1.165) is 12.5 Å². The average molecular weight is 492 g/mol. The van der Waals surface area contributed by atoms with Crippen molar-refractivity contribution in [3.63, 3.8) is 0 Å². The van der Waals surface area contributed by atoms with Crippen LogP contribution in [0.15, 0.2) is 59.5 Å². The van der Waals surface area contributed by atoms with Crippen LogP contribution in [-0.4, -0.2) is 38.7 Å². The molecule has 1 heterocycles. The maximum atomic E-state index is 13.6. The van der Waals surface area contributed by atoms with Crippen molar-refractivity contribution in [2.75, 3.05) is 0 Å². The number of allylic oxidation sites excluding steroid dienone is 6. The molecule has 3 rings (SSSR count). The fraction of sp³-hybridized carbons (Fsp3) is 0.261. The van der Waals surface area contributed by atoms with Crippen molar-refractivity contribution in [1.29, 1.82) is 0 Å². The monoisotopic (exact) mass is 492 g/mol. The Morgan fingerprint density at radius 3 is 2.57 bits per heavy atom. The maximum Gasteiger partial charge on any atom is 0.424 e. The molecule has 0 aliphatic heterocycles. The number of alkyl halides is 3. The van der Waals surface area contributed by atoms with Crippen molar-refractivity contribution in [2.24, 2.45) is 22.4 Å². The van der Waals surface area contributed by atoms with Crippen LogP contribution in [-0.2, 0) is 6.54 Å². The Bertz CT molecular complexity index is 1270. The second-order valence-corrected chi connectivity index (χ2v) is 7.92. The first-order chi connectivity index (χ1) is 16.4. The number of fused-ring (bicyclic) bond motifs is 1. The lowest BCUT2D eigenvalue weighted by atomic mass is 9.96. The number of aliphatic hydroxyl groups is 1. The smallest absolute Gasteiger partial charge is 0.383 e. The average Bonchev–Trinajstić information content (AvgIpc) is 3.00. The van der Waals surface area contributed by atoms with E-state index in [9.17, 15) is 27.5 Å². The van der Waals surface area contributed by atoms with Gasteiger partial charge >= 0.3 is 6.18 Å². The van der Waals surface area contributed by atoms with Gasteiger partial charge in [0.05, 0.1) is 12.1 Å². The van der Waals surface area contributed by atoms with Crippen LogP contribution in [0.3, 0.4) is 0 Å². The first-order valence-electron chi connectivity index (χ1n) is 10.5. The number of amidine groups is 1. The van der Waals surface area contributed by atoms with Gasteiger partial charge in [0.2, 0.25) is 5.60 Å². The Labute approximate surface area is 198 Å². The Kier molecular flexibility index (Phi) is 7.27. The standard InChI is InChI=1S/C23H24F4N6O2/c1-2-22(35,23(25,26)27)21(29)32-33(30)12-13-6-9-16-17(14-4-3-5-15(24)8-7-14)11-19(20(28)34)31-18(16)10-13/h3,5-11,35H,2,4,12,30H2,1H3,(H2,28,34)(H2,29,32). The molecule has 7 N–H and O–H groups in total. The van der Waals surface area contributed by atoms with Crippen LogP contribution in [0.4, 0.5) is 17.6 Å². The lowest BCUT2D eigenvalue weighted by Crippen LogP contribution is -2.56. The summed E-state index contributed by atoms with van der Waals surface area (Å²) < 4.78 is 53.2. The molecule has 0 bridgehead atoms. The molecule has 0 spiro atoms. The molecule has 1 unspecified atom stereocenters. The van der Waals surface area contributed by atoms with E-state index in [-0.39, 0.29) is 12.2 Å². The predicted molar refractivity (Wildman–Crippen MR) is 124 cm³/mol. The van der Waals surface area contributed by atoms with E-state index >= 15 is 0 Å². The quantitative estimate of drug-likeness (QED) is 0.154. The number of pyridine rings is 1. The zero-order chi connectivity index (χ0) is 26.0. The number of carbonyl (C=O) groups is 1. The third-order valence-corrected chi connectivity index (χ3v) is 5.52. The molecule has 1 aromatic heterocycles. The highest BCUT2D eigenvalue weighted by molar-refractivity contribution is 5.99. The molecule has 1 atom stereocenters. The fourth-order valence-corrected chi connectivity index (χ4v) is 3.54.